The van der Waals surface area contributed by atoms with E-state index in [0.29, 0.717) is 17.8 Å². The molecule has 0 aliphatic rings. The van der Waals surface area contributed by atoms with Crippen molar-refractivity contribution in [2.75, 3.05) is 25.6 Å². The van der Waals surface area contributed by atoms with Crippen molar-refractivity contribution >= 4 is 21.6 Å². The molecule has 0 spiro atoms. The van der Waals surface area contributed by atoms with E-state index in [1.54, 1.807) is 16.9 Å². The molecule has 0 aliphatic carbocycles. The molecule has 0 unspecified atom stereocenters. The summed E-state index contributed by atoms with van der Waals surface area (Å²) in [5.74, 6) is -0.322. The van der Waals surface area contributed by atoms with Crippen molar-refractivity contribution in [1.82, 2.24) is 14.5 Å². The molecule has 0 saturated heterocycles. The smallest absolute Gasteiger partial charge is 0.255 e. The molecule has 0 saturated carbocycles. The largest absolute Gasteiger partial charge is 0.383 e. The zero-order chi connectivity index (χ0) is 20.7. The maximum Gasteiger partial charge on any atom is 0.255 e. The van der Waals surface area contributed by atoms with Crippen LogP contribution in [-0.4, -0.2) is 44.4 Å². The number of benzene rings is 2. The Morgan fingerprint density at radius 1 is 1.14 bits per heavy atom. The molecular weight excluding hydrogens is 392 g/mol. The Kier molecular flexibility index (Phi) is 6.76. The molecule has 0 bridgehead atoms. The second kappa shape index (κ2) is 9.46. The Labute approximate surface area is 169 Å². The maximum absolute atomic E-state index is 12.5. The van der Waals surface area contributed by atoms with Crippen LogP contribution in [0.5, 0.6) is 0 Å². The topological polar surface area (TPSA) is 102 Å². The first-order valence-electron chi connectivity index (χ1n) is 8.94. The Morgan fingerprint density at radius 3 is 2.62 bits per heavy atom. The van der Waals surface area contributed by atoms with Gasteiger partial charge in [0, 0.05) is 37.3 Å². The molecule has 2 aromatic carbocycles. The van der Waals surface area contributed by atoms with Crippen molar-refractivity contribution in [1.29, 1.82) is 0 Å². The van der Waals surface area contributed by atoms with Crippen molar-refractivity contribution in [3.8, 4) is 0 Å². The van der Waals surface area contributed by atoms with Crippen molar-refractivity contribution in [3.05, 3.63) is 78.1 Å². The highest BCUT2D eigenvalue weighted by molar-refractivity contribution is 7.89. The van der Waals surface area contributed by atoms with Crippen molar-refractivity contribution < 1.29 is 17.9 Å². The van der Waals surface area contributed by atoms with Crippen LogP contribution >= 0.6 is 0 Å². The van der Waals surface area contributed by atoms with E-state index in [1.807, 2.05) is 30.5 Å². The molecule has 0 aliphatic heterocycles. The van der Waals surface area contributed by atoms with Crippen LogP contribution in [0.2, 0.25) is 0 Å². The lowest BCUT2D eigenvalue weighted by Gasteiger charge is -2.09. The zero-order valence-corrected chi connectivity index (χ0v) is 16.7. The number of hydrogen-bond acceptors (Lipinski definition) is 5. The molecule has 1 amide bonds. The summed E-state index contributed by atoms with van der Waals surface area (Å²) in [7, 11) is -2.14. The third-order valence-corrected chi connectivity index (χ3v) is 5.59. The van der Waals surface area contributed by atoms with Gasteiger partial charge >= 0.3 is 0 Å². The summed E-state index contributed by atoms with van der Waals surface area (Å²) in [4.78, 5) is 12.6. The van der Waals surface area contributed by atoms with Crippen LogP contribution in [0.4, 0.5) is 5.69 Å². The quantitative estimate of drug-likeness (QED) is 0.522. The summed E-state index contributed by atoms with van der Waals surface area (Å²) in [5.41, 5.74) is 2.01. The number of methoxy groups -OCH3 is 1. The average Bonchev–Trinajstić information content (AvgIpc) is 3.21. The van der Waals surface area contributed by atoms with E-state index in [-0.39, 0.29) is 24.0 Å². The molecule has 1 aromatic heterocycles. The fourth-order valence-electron chi connectivity index (χ4n) is 2.68. The molecule has 152 valence electrons. The van der Waals surface area contributed by atoms with Gasteiger partial charge in [0.1, 0.15) is 0 Å². The van der Waals surface area contributed by atoms with Gasteiger partial charge in [-0.2, -0.15) is 5.10 Å². The van der Waals surface area contributed by atoms with Gasteiger partial charge in [0.2, 0.25) is 10.0 Å². The molecule has 1 heterocycles. The number of nitrogens with one attached hydrogen (secondary N) is 2. The van der Waals surface area contributed by atoms with E-state index in [2.05, 4.69) is 15.1 Å². The normalized spacial score (nSPS) is 11.3. The fraction of sp³-hybridized carbons (Fsp3) is 0.200. The highest BCUT2D eigenvalue weighted by atomic mass is 32.2. The van der Waals surface area contributed by atoms with Gasteiger partial charge in [-0.3, -0.25) is 9.48 Å². The summed E-state index contributed by atoms with van der Waals surface area (Å²) < 4.78 is 33.4. The highest BCUT2D eigenvalue weighted by Crippen LogP contribution is 2.15. The number of hydrogen-bond donors (Lipinski definition) is 2. The van der Waals surface area contributed by atoms with Crippen LogP contribution in [0, 0.1) is 0 Å². The molecule has 3 aromatic rings. The Bertz CT molecular complexity index is 1050. The average molecular weight is 414 g/mol. The van der Waals surface area contributed by atoms with Crippen molar-refractivity contribution in [2.45, 2.75) is 11.4 Å². The number of rotatable bonds is 9. The number of carbonyl (C=O) groups is 1. The molecule has 29 heavy (non-hydrogen) atoms. The molecule has 8 nitrogen and oxygen atoms in total. The van der Waals surface area contributed by atoms with E-state index in [1.165, 1.54) is 31.4 Å². The number of sulfonamides is 1. The standard InChI is InChI=1S/C20H22N4O4S/c1-28-13-11-22-29(26,27)19-8-6-17(7-9-19)20(25)23-18-5-2-4-16(14-18)15-24-12-3-10-21-24/h2-10,12,14,22H,11,13,15H2,1H3,(H,23,25). The van der Waals surface area contributed by atoms with Crippen LogP contribution in [0.25, 0.3) is 0 Å². The van der Waals surface area contributed by atoms with Crippen LogP contribution in [-0.2, 0) is 21.3 Å². The molecule has 3 rings (SSSR count). The third-order valence-electron chi connectivity index (χ3n) is 4.11. The molecule has 2 N–H and O–H groups in total. The molecular formula is C20H22N4O4S. The van der Waals surface area contributed by atoms with E-state index in [4.69, 9.17) is 4.74 Å². The van der Waals surface area contributed by atoms with Crippen LogP contribution in [0.3, 0.4) is 0 Å². The monoisotopic (exact) mass is 414 g/mol. The first-order chi connectivity index (χ1) is 14.0. The summed E-state index contributed by atoms with van der Waals surface area (Å²) in [6.07, 6.45) is 3.58. The Balaban J connectivity index is 1.65. The van der Waals surface area contributed by atoms with Gasteiger partial charge in [-0.15, -0.1) is 0 Å². The summed E-state index contributed by atoms with van der Waals surface area (Å²) in [6.45, 7) is 1.05. The van der Waals surface area contributed by atoms with Gasteiger partial charge in [0.25, 0.3) is 5.91 Å². The molecule has 0 radical (unpaired) electrons. The minimum Gasteiger partial charge on any atom is -0.383 e. The van der Waals surface area contributed by atoms with Gasteiger partial charge in [-0.05, 0) is 48.0 Å². The van der Waals surface area contributed by atoms with Gasteiger partial charge in [-0.25, -0.2) is 13.1 Å². The van der Waals surface area contributed by atoms with Crippen LogP contribution in [0.1, 0.15) is 15.9 Å². The van der Waals surface area contributed by atoms with E-state index < -0.39 is 10.0 Å². The second-order valence-electron chi connectivity index (χ2n) is 6.27. The fourth-order valence-corrected chi connectivity index (χ4v) is 3.69. The van der Waals surface area contributed by atoms with Gasteiger partial charge < -0.3 is 10.1 Å². The first kappa shape index (κ1) is 20.7. The number of ether oxygens (including phenoxy) is 1. The highest BCUT2D eigenvalue weighted by Gasteiger charge is 2.14. The number of aromatic nitrogens is 2. The maximum atomic E-state index is 12.5. The number of nitrogens with zero attached hydrogens (tertiary/aromatic N) is 2. The minimum absolute atomic E-state index is 0.0892. The number of anilines is 1. The van der Waals surface area contributed by atoms with E-state index in [9.17, 15) is 13.2 Å². The summed E-state index contributed by atoms with van der Waals surface area (Å²) in [6, 6.07) is 15.1. The summed E-state index contributed by atoms with van der Waals surface area (Å²) >= 11 is 0. The van der Waals surface area contributed by atoms with Crippen molar-refractivity contribution in [2.24, 2.45) is 0 Å². The predicted molar refractivity (Wildman–Crippen MR) is 109 cm³/mol. The Hall–Kier alpha value is -3.01. The Morgan fingerprint density at radius 2 is 1.93 bits per heavy atom. The molecule has 9 heteroatoms. The van der Waals surface area contributed by atoms with Gasteiger partial charge in [0.15, 0.2) is 0 Å². The van der Waals surface area contributed by atoms with Gasteiger partial charge in [-0.1, -0.05) is 12.1 Å². The summed E-state index contributed by atoms with van der Waals surface area (Å²) in [5, 5.41) is 7.00. The van der Waals surface area contributed by atoms with Crippen LogP contribution in [0.15, 0.2) is 71.9 Å². The number of amides is 1. The molecule has 0 atom stereocenters. The zero-order valence-electron chi connectivity index (χ0n) is 15.9. The number of carbonyl (C=O) groups excluding carboxylic acids is 1. The lowest BCUT2D eigenvalue weighted by molar-refractivity contribution is 0.102. The SMILES string of the molecule is COCCNS(=O)(=O)c1ccc(C(=O)Nc2cccc(Cn3cccn3)c2)cc1. The lowest BCUT2D eigenvalue weighted by Crippen LogP contribution is -2.27. The van der Waals surface area contributed by atoms with Gasteiger partial charge in [0.05, 0.1) is 18.0 Å². The van der Waals surface area contributed by atoms with Crippen LogP contribution < -0.4 is 10.0 Å². The lowest BCUT2D eigenvalue weighted by atomic mass is 10.1. The second-order valence-corrected chi connectivity index (χ2v) is 8.04. The van der Waals surface area contributed by atoms with E-state index in [0.717, 1.165) is 5.56 Å². The van der Waals surface area contributed by atoms with Crippen molar-refractivity contribution in [3.63, 3.8) is 0 Å². The predicted octanol–water partition coefficient (Wildman–Crippen LogP) is 2.11. The molecule has 0 fully saturated rings. The third kappa shape index (κ3) is 5.74. The first-order valence-corrected chi connectivity index (χ1v) is 10.4. The minimum atomic E-state index is -3.63. The van der Waals surface area contributed by atoms with E-state index >= 15 is 0 Å².